The van der Waals surface area contributed by atoms with Gasteiger partial charge in [-0.1, -0.05) is 30.3 Å². The Hall–Kier alpha value is -4.19. The number of aromatic hydroxyl groups is 1. The monoisotopic (exact) mass is 439 g/mol. The van der Waals surface area contributed by atoms with Crippen LogP contribution in [-0.4, -0.2) is 20.4 Å². The minimum atomic E-state index is -0.281. The largest absolute Gasteiger partial charge is 0.507 e. The first-order valence-corrected chi connectivity index (χ1v) is 10.7. The van der Waals surface area contributed by atoms with Crippen LogP contribution >= 0.6 is 0 Å². The minimum Gasteiger partial charge on any atom is -0.507 e. The molecule has 5 rings (SSSR count). The molecule has 2 N–H and O–H groups in total. The number of carbonyl (C=O) groups excluding carboxylic acids is 1. The summed E-state index contributed by atoms with van der Waals surface area (Å²) in [7, 11) is 0. The molecule has 2 heterocycles. The average Bonchev–Trinajstić information content (AvgIpc) is 3.14. The molecule has 0 atom stereocenters. The van der Waals surface area contributed by atoms with Gasteiger partial charge in [-0.3, -0.25) is 4.79 Å². The molecular formula is C27H22FN3O2. The van der Waals surface area contributed by atoms with E-state index in [2.05, 4.69) is 5.32 Å². The topological polar surface area (TPSA) is 66.6 Å². The lowest BCUT2D eigenvalue weighted by molar-refractivity contribution is -0.115. The fourth-order valence-electron chi connectivity index (χ4n) is 4.14. The number of halogens is 1. The summed E-state index contributed by atoms with van der Waals surface area (Å²) in [5.74, 6) is -0.332. The molecule has 33 heavy (non-hydrogen) atoms. The lowest BCUT2D eigenvalue weighted by Gasteiger charge is -2.11. The molecule has 0 aliphatic heterocycles. The maximum Gasteiger partial charge on any atom is 0.230 e. The van der Waals surface area contributed by atoms with Crippen molar-refractivity contribution in [3.8, 4) is 17.0 Å². The van der Waals surface area contributed by atoms with E-state index in [-0.39, 0.29) is 23.9 Å². The lowest BCUT2D eigenvalue weighted by atomic mass is 10.0. The van der Waals surface area contributed by atoms with Crippen LogP contribution in [0.3, 0.4) is 0 Å². The zero-order valence-electron chi connectivity index (χ0n) is 18.3. The molecule has 5 aromatic rings. The molecule has 0 bridgehead atoms. The van der Waals surface area contributed by atoms with Crippen molar-refractivity contribution in [3.05, 3.63) is 95.6 Å². The second-order valence-electron chi connectivity index (χ2n) is 8.21. The van der Waals surface area contributed by atoms with Gasteiger partial charge < -0.3 is 14.8 Å². The number of hydrogen-bond acceptors (Lipinski definition) is 3. The van der Waals surface area contributed by atoms with Gasteiger partial charge in [0.25, 0.3) is 0 Å². The van der Waals surface area contributed by atoms with Gasteiger partial charge in [-0.25, -0.2) is 9.37 Å². The molecule has 0 saturated heterocycles. The van der Waals surface area contributed by atoms with Crippen LogP contribution in [0.25, 0.3) is 27.7 Å². The minimum absolute atomic E-state index is 0.0750. The van der Waals surface area contributed by atoms with Crippen LogP contribution in [-0.2, 0) is 11.2 Å². The van der Waals surface area contributed by atoms with Crippen LogP contribution < -0.4 is 5.32 Å². The van der Waals surface area contributed by atoms with Crippen molar-refractivity contribution in [2.45, 2.75) is 20.3 Å². The first kappa shape index (κ1) is 20.7. The average molecular weight is 439 g/mol. The van der Waals surface area contributed by atoms with E-state index < -0.39 is 0 Å². The highest BCUT2D eigenvalue weighted by Crippen LogP contribution is 2.31. The zero-order chi connectivity index (χ0) is 23.1. The van der Waals surface area contributed by atoms with Crippen LogP contribution in [0.5, 0.6) is 5.75 Å². The third kappa shape index (κ3) is 3.80. The summed E-state index contributed by atoms with van der Waals surface area (Å²) >= 11 is 0. The quantitative estimate of drug-likeness (QED) is 0.372. The van der Waals surface area contributed by atoms with Crippen LogP contribution in [0.15, 0.2) is 72.9 Å². The Morgan fingerprint density at radius 3 is 2.64 bits per heavy atom. The van der Waals surface area contributed by atoms with Gasteiger partial charge in [-0.15, -0.1) is 0 Å². The highest BCUT2D eigenvalue weighted by Gasteiger charge is 2.19. The molecule has 3 aromatic carbocycles. The van der Waals surface area contributed by atoms with Crippen molar-refractivity contribution >= 4 is 28.0 Å². The van der Waals surface area contributed by atoms with Crippen molar-refractivity contribution in [2.75, 3.05) is 5.32 Å². The van der Waals surface area contributed by atoms with Gasteiger partial charge in [-0.05, 0) is 61.4 Å². The number of aromatic nitrogens is 2. The first-order chi connectivity index (χ1) is 15.9. The van der Waals surface area contributed by atoms with Crippen molar-refractivity contribution < 1.29 is 14.3 Å². The van der Waals surface area contributed by atoms with Crippen molar-refractivity contribution in [1.29, 1.82) is 0 Å². The number of phenolic OH excluding ortho intramolecular Hbond substituents is 1. The van der Waals surface area contributed by atoms with E-state index in [1.165, 1.54) is 6.07 Å². The number of amides is 1. The molecule has 0 aliphatic rings. The van der Waals surface area contributed by atoms with E-state index in [9.17, 15) is 14.3 Å². The summed E-state index contributed by atoms with van der Waals surface area (Å²) < 4.78 is 15.8. The highest BCUT2D eigenvalue weighted by molar-refractivity contribution is 6.04. The number of rotatable bonds is 4. The number of nitrogens with zero attached hydrogens (tertiary/aromatic N) is 2. The number of pyridine rings is 1. The highest BCUT2D eigenvalue weighted by atomic mass is 19.1. The first-order valence-electron chi connectivity index (χ1n) is 10.7. The molecule has 0 radical (unpaired) electrons. The van der Waals surface area contributed by atoms with Crippen LogP contribution in [0, 0.1) is 19.7 Å². The van der Waals surface area contributed by atoms with Crippen molar-refractivity contribution in [3.63, 3.8) is 0 Å². The van der Waals surface area contributed by atoms with Gasteiger partial charge in [-0.2, -0.15) is 0 Å². The number of hydrogen-bond donors (Lipinski definition) is 2. The van der Waals surface area contributed by atoms with Crippen LogP contribution in [0.1, 0.15) is 16.8 Å². The molecule has 1 amide bonds. The van der Waals surface area contributed by atoms with Crippen molar-refractivity contribution in [1.82, 2.24) is 9.38 Å². The number of nitrogens with one attached hydrogen (secondary N) is 1. The number of imidazole rings is 1. The molecule has 0 saturated carbocycles. The number of carbonyl (C=O) groups is 1. The Morgan fingerprint density at radius 1 is 1.03 bits per heavy atom. The summed E-state index contributed by atoms with van der Waals surface area (Å²) in [6.07, 6.45) is 2.02. The van der Waals surface area contributed by atoms with Gasteiger partial charge >= 0.3 is 0 Å². The van der Waals surface area contributed by atoms with Crippen LogP contribution in [0.4, 0.5) is 10.1 Å². The van der Waals surface area contributed by atoms with Gasteiger partial charge in [0.15, 0.2) is 0 Å². The Morgan fingerprint density at radius 2 is 1.82 bits per heavy atom. The summed E-state index contributed by atoms with van der Waals surface area (Å²) in [5, 5.41) is 14.5. The predicted molar refractivity (Wildman–Crippen MR) is 128 cm³/mol. The lowest BCUT2D eigenvalue weighted by Crippen LogP contribution is -2.16. The van der Waals surface area contributed by atoms with E-state index >= 15 is 0 Å². The maximum absolute atomic E-state index is 13.9. The zero-order valence-corrected chi connectivity index (χ0v) is 18.3. The molecule has 5 nitrogen and oxygen atoms in total. The van der Waals surface area contributed by atoms with E-state index in [0.717, 1.165) is 27.9 Å². The maximum atomic E-state index is 13.9. The molecule has 0 spiro atoms. The Kier molecular flexibility index (Phi) is 5.05. The fraction of sp³-hybridized carbons (Fsp3) is 0.111. The SMILES string of the molecule is Cc1ccc2nc(-c3ccc(F)c(C)c3)c(CC(=O)Nc3cccc4c(O)cccc34)n2c1. The Labute approximate surface area is 190 Å². The van der Waals surface area contributed by atoms with Gasteiger partial charge in [0, 0.05) is 28.2 Å². The van der Waals surface area contributed by atoms with Crippen LogP contribution in [0.2, 0.25) is 0 Å². The van der Waals surface area contributed by atoms with E-state index in [0.29, 0.717) is 22.3 Å². The molecule has 0 fully saturated rings. The molecule has 2 aromatic heterocycles. The second kappa shape index (κ2) is 8.06. The van der Waals surface area contributed by atoms with Gasteiger partial charge in [0.05, 0.1) is 17.8 Å². The second-order valence-corrected chi connectivity index (χ2v) is 8.21. The predicted octanol–water partition coefficient (Wildman–Crippen LogP) is 5.80. The third-order valence-electron chi connectivity index (χ3n) is 5.80. The third-order valence-corrected chi connectivity index (χ3v) is 5.80. The Bertz CT molecular complexity index is 1540. The Balaban J connectivity index is 1.56. The standard InChI is InChI=1S/C27H22FN3O2/c1-16-9-12-25-30-27(18-10-11-21(28)17(2)13-18)23(31(25)15-16)14-26(33)29-22-7-3-6-20-19(22)5-4-8-24(20)32/h3-13,15,32H,14H2,1-2H3,(H,29,33). The molecule has 0 aliphatic carbocycles. The molecule has 6 heteroatoms. The van der Waals surface area contributed by atoms with Gasteiger partial charge in [0.1, 0.15) is 17.2 Å². The normalized spacial score (nSPS) is 11.2. The summed E-state index contributed by atoms with van der Waals surface area (Å²) in [5.41, 5.74) is 5.02. The number of phenols is 1. The molecule has 0 unspecified atom stereocenters. The van der Waals surface area contributed by atoms with E-state index in [4.69, 9.17) is 4.98 Å². The number of aryl methyl sites for hydroxylation is 2. The number of benzene rings is 3. The summed E-state index contributed by atoms with van der Waals surface area (Å²) in [6.45, 7) is 3.69. The molecule has 164 valence electrons. The smallest absolute Gasteiger partial charge is 0.230 e. The fourth-order valence-corrected chi connectivity index (χ4v) is 4.14. The van der Waals surface area contributed by atoms with Crippen molar-refractivity contribution in [2.24, 2.45) is 0 Å². The summed E-state index contributed by atoms with van der Waals surface area (Å²) in [4.78, 5) is 17.9. The number of fused-ring (bicyclic) bond motifs is 2. The van der Waals surface area contributed by atoms with Gasteiger partial charge in [0.2, 0.25) is 5.91 Å². The summed E-state index contributed by atoms with van der Waals surface area (Å²) in [6, 6.07) is 19.4. The molecular weight excluding hydrogens is 417 g/mol. The number of anilines is 1. The van der Waals surface area contributed by atoms with E-state index in [1.807, 2.05) is 47.9 Å². The van der Waals surface area contributed by atoms with E-state index in [1.54, 1.807) is 37.3 Å².